The van der Waals surface area contributed by atoms with E-state index in [9.17, 15) is 0 Å². The third-order valence-electron chi connectivity index (χ3n) is 3.73. The second-order valence-corrected chi connectivity index (χ2v) is 6.70. The highest BCUT2D eigenvalue weighted by atomic mass is 35.5. The lowest BCUT2D eigenvalue weighted by molar-refractivity contribution is 0.0378. The van der Waals surface area contributed by atoms with Gasteiger partial charge >= 0.3 is 0 Å². The van der Waals surface area contributed by atoms with E-state index in [-0.39, 0.29) is 0 Å². The average Bonchev–Trinajstić information content (AvgIpc) is 2.94. The average molecular weight is 326 g/mol. The van der Waals surface area contributed by atoms with Gasteiger partial charge in [-0.25, -0.2) is 4.98 Å². The lowest BCUT2D eigenvalue weighted by atomic mass is 10.2. The molecule has 6 heteroatoms. The van der Waals surface area contributed by atoms with E-state index in [0.717, 1.165) is 66.2 Å². The number of nitrogens with one attached hydrogen (secondary N) is 1. The zero-order chi connectivity index (χ0) is 14.7. The minimum Gasteiger partial charge on any atom is -0.379 e. The monoisotopic (exact) mass is 325 g/mol. The summed E-state index contributed by atoms with van der Waals surface area (Å²) in [6.07, 6.45) is 1.11. The highest BCUT2D eigenvalue weighted by Crippen LogP contribution is 2.33. The molecule has 1 aromatic heterocycles. The number of anilines is 1. The predicted molar refractivity (Wildman–Crippen MR) is 89.7 cm³/mol. The van der Waals surface area contributed by atoms with Gasteiger partial charge < -0.3 is 10.1 Å². The summed E-state index contributed by atoms with van der Waals surface area (Å²) >= 11 is 7.87. The number of hydrogen-bond donors (Lipinski definition) is 1. The Bertz CT molecular complexity index is 571. The Morgan fingerprint density at radius 1 is 1.38 bits per heavy atom. The van der Waals surface area contributed by atoms with E-state index in [1.807, 2.05) is 12.1 Å². The second kappa shape index (κ2) is 6.92. The van der Waals surface area contributed by atoms with Gasteiger partial charge in [-0.1, -0.05) is 29.0 Å². The highest BCUT2D eigenvalue weighted by molar-refractivity contribution is 7.22. The Kier molecular flexibility index (Phi) is 4.95. The van der Waals surface area contributed by atoms with Crippen LogP contribution >= 0.6 is 22.9 Å². The summed E-state index contributed by atoms with van der Waals surface area (Å²) in [6.45, 7) is 7.95. The summed E-state index contributed by atoms with van der Waals surface area (Å²) < 4.78 is 6.43. The van der Waals surface area contributed by atoms with Crippen molar-refractivity contribution < 1.29 is 4.74 Å². The number of morpholine rings is 1. The second-order valence-electron chi connectivity index (χ2n) is 5.30. The Balaban J connectivity index is 1.53. The van der Waals surface area contributed by atoms with Crippen molar-refractivity contribution in [2.45, 2.75) is 13.3 Å². The third kappa shape index (κ3) is 3.66. The molecule has 21 heavy (non-hydrogen) atoms. The summed E-state index contributed by atoms with van der Waals surface area (Å²) in [7, 11) is 0. The molecule has 0 bridgehead atoms. The normalized spacial score (nSPS) is 16.5. The van der Waals surface area contributed by atoms with Crippen LogP contribution < -0.4 is 5.32 Å². The van der Waals surface area contributed by atoms with Crippen LogP contribution in [0.5, 0.6) is 0 Å². The molecule has 1 saturated heterocycles. The molecular weight excluding hydrogens is 306 g/mol. The number of benzene rings is 1. The quantitative estimate of drug-likeness (QED) is 0.855. The van der Waals surface area contributed by atoms with Gasteiger partial charge in [0.05, 0.1) is 28.5 Å². The van der Waals surface area contributed by atoms with Gasteiger partial charge in [0.25, 0.3) is 0 Å². The van der Waals surface area contributed by atoms with Gasteiger partial charge in [0.1, 0.15) is 0 Å². The van der Waals surface area contributed by atoms with Gasteiger partial charge in [0, 0.05) is 19.6 Å². The van der Waals surface area contributed by atoms with Crippen molar-refractivity contribution in [3.8, 4) is 0 Å². The van der Waals surface area contributed by atoms with Crippen molar-refractivity contribution in [2.24, 2.45) is 0 Å². The van der Waals surface area contributed by atoms with Crippen molar-refractivity contribution in [3.63, 3.8) is 0 Å². The number of aromatic nitrogens is 1. The molecule has 1 fully saturated rings. The van der Waals surface area contributed by atoms with Crippen LogP contribution in [0, 0.1) is 6.92 Å². The van der Waals surface area contributed by atoms with Crippen LogP contribution in [0.1, 0.15) is 12.0 Å². The van der Waals surface area contributed by atoms with Gasteiger partial charge in [0.15, 0.2) is 5.13 Å². The molecule has 0 atom stereocenters. The summed E-state index contributed by atoms with van der Waals surface area (Å²) in [5.74, 6) is 0. The fourth-order valence-corrected chi connectivity index (χ4v) is 3.74. The number of thiazole rings is 1. The fourth-order valence-electron chi connectivity index (χ4n) is 2.50. The summed E-state index contributed by atoms with van der Waals surface area (Å²) in [5, 5.41) is 5.17. The van der Waals surface area contributed by atoms with Crippen molar-refractivity contribution >= 4 is 38.3 Å². The maximum atomic E-state index is 6.23. The Morgan fingerprint density at radius 3 is 2.95 bits per heavy atom. The van der Waals surface area contributed by atoms with E-state index in [1.54, 1.807) is 11.3 Å². The van der Waals surface area contributed by atoms with E-state index in [2.05, 4.69) is 22.1 Å². The van der Waals surface area contributed by atoms with E-state index < -0.39 is 0 Å². The number of aryl methyl sites for hydroxylation is 1. The van der Waals surface area contributed by atoms with Crippen LogP contribution in [-0.4, -0.2) is 49.3 Å². The predicted octanol–water partition coefficient (Wildman–Crippen LogP) is 3.39. The molecule has 2 heterocycles. The molecule has 2 aromatic rings. The van der Waals surface area contributed by atoms with E-state index in [1.165, 1.54) is 5.56 Å². The molecule has 0 radical (unpaired) electrons. The third-order valence-corrected chi connectivity index (χ3v) is 5.20. The van der Waals surface area contributed by atoms with Crippen LogP contribution in [0.2, 0.25) is 5.02 Å². The number of rotatable bonds is 5. The largest absolute Gasteiger partial charge is 0.379 e. The maximum Gasteiger partial charge on any atom is 0.183 e. The van der Waals surface area contributed by atoms with Crippen LogP contribution in [0.25, 0.3) is 10.2 Å². The molecule has 1 aliphatic heterocycles. The van der Waals surface area contributed by atoms with Crippen molar-refractivity contribution in [3.05, 3.63) is 22.7 Å². The molecular formula is C15H20ClN3OS. The molecule has 0 aliphatic carbocycles. The Hall–Kier alpha value is -0.880. The molecule has 0 unspecified atom stereocenters. The number of hydrogen-bond acceptors (Lipinski definition) is 5. The van der Waals surface area contributed by atoms with Gasteiger partial charge in [-0.3, -0.25) is 4.90 Å². The molecule has 0 amide bonds. The van der Waals surface area contributed by atoms with E-state index in [4.69, 9.17) is 16.3 Å². The van der Waals surface area contributed by atoms with Gasteiger partial charge in [-0.15, -0.1) is 0 Å². The van der Waals surface area contributed by atoms with Crippen LogP contribution in [0.15, 0.2) is 12.1 Å². The van der Waals surface area contributed by atoms with Gasteiger partial charge in [-0.2, -0.15) is 0 Å². The molecule has 1 aromatic carbocycles. The molecule has 1 N–H and O–H groups in total. The van der Waals surface area contributed by atoms with Crippen molar-refractivity contribution in [2.75, 3.05) is 44.7 Å². The van der Waals surface area contributed by atoms with Crippen LogP contribution in [-0.2, 0) is 4.74 Å². The number of halogens is 1. The number of nitrogens with zero attached hydrogens (tertiary/aromatic N) is 2. The minimum atomic E-state index is 0.787. The first-order valence-corrected chi connectivity index (χ1v) is 8.53. The van der Waals surface area contributed by atoms with Gasteiger partial charge in [-0.05, 0) is 31.5 Å². The number of fused-ring (bicyclic) bond motifs is 1. The first kappa shape index (κ1) is 15.0. The van der Waals surface area contributed by atoms with E-state index in [0.29, 0.717) is 0 Å². The minimum absolute atomic E-state index is 0.787. The van der Waals surface area contributed by atoms with Crippen molar-refractivity contribution in [1.82, 2.24) is 9.88 Å². The molecule has 0 saturated carbocycles. The standard InChI is InChI=1S/C15H20ClN3OS/c1-11-3-4-12(16)14-13(11)18-15(21-14)17-5-2-6-19-7-9-20-10-8-19/h3-4H,2,5-10H2,1H3,(H,17,18). The maximum absolute atomic E-state index is 6.23. The Labute approximate surface area is 134 Å². The number of ether oxygens (including phenoxy) is 1. The summed E-state index contributed by atoms with van der Waals surface area (Å²) in [6, 6.07) is 3.96. The SMILES string of the molecule is Cc1ccc(Cl)c2sc(NCCCN3CCOCC3)nc12. The highest BCUT2D eigenvalue weighted by Gasteiger charge is 2.11. The molecule has 3 rings (SSSR count). The van der Waals surface area contributed by atoms with Crippen LogP contribution in [0.3, 0.4) is 0 Å². The molecule has 4 nitrogen and oxygen atoms in total. The van der Waals surface area contributed by atoms with E-state index >= 15 is 0 Å². The van der Waals surface area contributed by atoms with Crippen LogP contribution in [0.4, 0.5) is 5.13 Å². The fraction of sp³-hybridized carbons (Fsp3) is 0.533. The summed E-state index contributed by atoms with van der Waals surface area (Å²) in [5.41, 5.74) is 2.19. The van der Waals surface area contributed by atoms with Gasteiger partial charge in [0.2, 0.25) is 0 Å². The topological polar surface area (TPSA) is 37.4 Å². The smallest absolute Gasteiger partial charge is 0.183 e. The van der Waals surface area contributed by atoms with Crippen molar-refractivity contribution in [1.29, 1.82) is 0 Å². The zero-order valence-corrected chi connectivity index (χ0v) is 13.8. The lowest BCUT2D eigenvalue weighted by Crippen LogP contribution is -2.37. The Morgan fingerprint density at radius 2 is 2.19 bits per heavy atom. The zero-order valence-electron chi connectivity index (χ0n) is 12.2. The molecule has 1 aliphatic rings. The summed E-state index contributed by atoms with van der Waals surface area (Å²) in [4.78, 5) is 7.10. The molecule has 0 spiro atoms. The first-order valence-electron chi connectivity index (χ1n) is 7.33. The lowest BCUT2D eigenvalue weighted by Gasteiger charge is -2.26. The molecule has 114 valence electrons. The first-order chi connectivity index (χ1) is 10.2.